The fraction of sp³-hybridized carbons (Fsp3) is 0.680. The van der Waals surface area contributed by atoms with Gasteiger partial charge in [0.1, 0.15) is 30.7 Å². The van der Waals surface area contributed by atoms with Crippen LogP contribution in [0.1, 0.15) is 161 Å². The Morgan fingerprint density at radius 2 is 1.28 bits per heavy atom. The molecule has 0 saturated carbocycles. The fourth-order valence-electron chi connectivity index (χ4n) is 7.43. The normalized spacial score (nSPS) is 22.5. The minimum atomic E-state index is -5.44. The highest BCUT2D eigenvalue weighted by atomic mass is 31.3. The van der Waals surface area contributed by atoms with Crippen molar-refractivity contribution >= 4 is 33.4 Å². The van der Waals surface area contributed by atoms with E-state index in [-0.39, 0.29) is 18.7 Å². The standard InChI is InChI=1S/C50H81N3O16P2/c1-3-5-7-8-9-10-11-12-13-14-15-20-23-26-30-34-46(55)66-40(37-63-45(54)33-29-25-22-19-17-16-18-21-24-28-32-42-41(67-42)31-27-6-4-2)38-64-70(59,60)69-71(61,62)65-39-43-47(56)48(57)49(68-43)53-36-35-44(51)52-50(53)58/h9-10,12-13,16,18-19,22,24,28,35-36,40-43,47-49,56-57H,3-8,11,14-15,17,20-21,23,25-27,29-34,37-39H2,1-2H3,(H,59,60)(H,61,62)(H2,51,52,58)/b10-9-,13-12-,18-16-,22-19-,28-24-/t40-,41?,42?,43-,47-,48-,49-/m1/s1. The Labute approximate surface area is 419 Å². The first-order valence-corrected chi connectivity index (χ1v) is 28.4. The van der Waals surface area contributed by atoms with Crippen LogP contribution in [0.25, 0.3) is 0 Å². The highest BCUT2D eigenvalue weighted by Crippen LogP contribution is 2.60. The fourth-order valence-corrected chi connectivity index (χ4v) is 9.54. The van der Waals surface area contributed by atoms with Crippen molar-refractivity contribution in [1.29, 1.82) is 0 Å². The molecule has 0 radical (unpaired) electrons. The van der Waals surface area contributed by atoms with Crippen LogP contribution < -0.4 is 11.4 Å². The zero-order valence-electron chi connectivity index (χ0n) is 41.7. The van der Waals surface area contributed by atoms with E-state index in [4.69, 9.17) is 33.7 Å². The number of aliphatic hydroxyl groups is 2. The maximum atomic E-state index is 12.9. The maximum Gasteiger partial charge on any atom is 0.481 e. The van der Waals surface area contributed by atoms with Crippen molar-refractivity contribution in [3.8, 4) is 0 Å². The maximum absolute atomic E-state index is 12.9. The van der Waals surface area contributed by atoms with Gasteiger partial charge in [-0.15, -0.1) is 0 Å². The first-order valence-electron chi connectivity index (χ1n) is 25.4. The van der Waals surface area contributed by atoms with Gasteiger partial charge in [-0.3, -0.25) is 23.2 Å². The summed E-state index contributed by atoms with van der Waals surface area (Å²) in [6, 6.07) is 1.24. The Balaban J connectivity index is 1.41. The molecule has 1 aromatic rings. The van der Waals surface area contributed by atoms with E-state index in [1.165, 1.54) is 44.6 Å². The zero-order chi connectivity index (χ0) is 51.7. The van der Waals surface area contributed by atoms with Crippen LogP contribution in [0.2, 0.25) is 0 Å². The zero-order valence-corrected chi connectivity index (χ0v) is 43.5. The summed E-state index contributed by atoms with van der Waals surface area (Å²) < 4.78 is 62.4. The van der Waals surface area contributed by atoms with Crippen LogP contribution in [-0.4, -0.2) is 97.9 Å². The lowest BCUT2D eigenvalue weighted by Gasteiger charge is -2.21. The smallest absolute Gasteiger partial charge is 0.462 e. The van der Waals surface area contributed by atoms with Crippen LogP contribution in [0.3, 0.4) is 0 Å². The van der Waals surface area contributed by atoms with Gasteiger partial charge in [0.25, 0.3) is 0 Å². The van der Waals surface area contributed by atoms with Crippen LogP contribution in [0.5, 0.6) is 0 Å². The van der Waals surface area contributed by atoms with E-state index in [2.05, 4.69) is 71.8 Å². The number of rotatable bonds is 40. The molecule has 19 nitrogen and oxygen atoms in total. The minimum absolute atomic E-state index is 0.0176. The number of esters is 2. The third-order valence-corrected chi connectivity index (χ3v) is 14.1. The second-order valence-electron chi connectivity index (χ2n) is 17.7. The minimum Gasteiger partial charge on any atom is -0.462 e. The number of unbranched alkanes of at least 4 members (excludes halogenated alkanes) is 11. The van der Waals surface area contributed by atoms with Gasteiger partial charge in [-0.25, -0.2) is 13.9 Å². The van der Waals surface area contributed by atoms with E-state index in [0.29, 0.717) is 31.5 Å². The second kappa shape index (κ2) is 35.6. The van der Waals surface area contributed by atoms with E-state index in [0.717, 1.165) is 81.4 Å². The molecular weight excluding hydrogens is 961 g/mol. The number of hydrogen-bond acceptors (Lipinski definition) is 16. The van der Waals surface area contributed by atoms with E-state index in [1.807, 2.05) is 12.2 Å². The summed E-state index contributed by atoms with van der Waals surface area (Å²) in [4.78, 5) is 61.9. The number of nitrogens with zero attached hydrogens (tertiary/aromatic N) is 2. The lowest BCUT2D eigenvalue weighted by atomic mass is 10.1. The molecule has 9 atom stereocenters. The van der Waals surface area contributed by atoms with Crippen LogP contribution in [-0.2, 0) is 51.0 Å². The van der Waals surface area contributed by atoms with Gasteiger partial charge in [-0.2, -0.15) is 9.29 Å². The van der Waals surface area contributed by atoms with Crippen molar-refractivity contribution < 1.29 is 71.0 Å². The van der Waals surface area contributed by atoms with Crippen LogP contribution in [0.15, 0.2) is 77.8 Å². The van der Waals surface area contributed by atoms with Gasteiger partial charge in [0.2, 0.25) is 0 Å². The van der Waals surface area contributed by atoms with Gasteiger partial charge in [0.15, 0.2) is 12.3 Å². The highest BCUT2D eigenvalue weighted by molar-refractivity contribution is 7.61. The summed E-state index contributed by atoms with van der Waals surface area (Å²) >= 11 is 0. The predicted octanol–water partition coefficient (Wildman–Crippen LogP) is 9.32. The van der Waals surface area contributed by atoms with Gasteiger partial charge < -0.3 is 44.7 Å². The van der Waals surface area contributed by atoms with Crippen LogP contribution in [0.4, 0.5) is 5.82 Å². The number of allylic oxidation sites excluding steroid dienone is 9. The number of aromatic nitrogens is 2. The Bertz CT molecular complexity index is 1990. The first kappa shape index (κ1) is 61.7. The molecule has 0 bridgehead atoms. The molecule has 1 aromatic heterocycles. The topological polar surface area (TPSA) is 278 Å². The van der Waals surface area contributed by atoms with Crippen LogP contribution >= 0.6 is 15.6 Å². The monoisotopic (exact) mass is 1040 g/mol. The predicted molar refractivity (Wildman–Crippen MR) is 270 cm³/mol. The molecule has 0 amide bonds. The van der Waals surface area contributed by atoms with Crippen LogP contribution in [0, 0.1) is 0 Å². The van der Waals surface area contributed by atoms with Gasteiger partial charge in [-0.1, -0.05) is 126 Å². The van der Waals surface area contributed by atoms with Gasteiger partial charge in [0.05, 0.1) is 25.4 Å². The summed E-state index contributed by atoms with van der Waals surface area (Å²) in [5.74, 6) is -1.39. The Morgan fingerprint density at radius 1 is 0.704 bits per heavy atom. The Hall–Kier alpha value is -3.58. The average molecular weight is 1040 g/mol. The number of phosphoric acid groups is 2. The number of anilines is 1. The number of carbonyl (C=O) groups excluding carboxylic acids is 2. The van der Waals surface area contributed by atoms with E-state index < -0.39 is 83.7 Å². The van der Waals surface area contributed by atoms with E-state index in [9.17, 15) is 43.5 Å². The summed E-state index contributed by atoms with van der Waals surface area (Å²) in [6.45, 7) is 2.02. The molecule has 0 aromatic carbocycles. The third-order valence-electron chi connectivity index (χ3n) is 11.5. The van der Waals surface area contributed by atoms with Crippen molar-refractivity contribution in [2.75, 3.05) is 25.6 Å². The summed E-state index contributed by atoms with van der Waals surface area (Å²) in [5, 5.41) is 20.9. The number of carbonyl (C=O) groups is 2. The molecule has 2 aliphatic heterocycles. The third kappa shape index (κ3) is 27.9. The van der Waals surface area contributed by atoms with Gasteiger partial charge >= 0.3 is 33.3 Å². The number of ether oxygens (including phenoxy) is 4. The number of aliphatic hydroxyl groups excluding tert-OH is 2. The van der Waals surface area contributed by atoms with Gasteiger partial charge in [-0.05, 0) is 83.1 Å². The quantitative estimate of drug-likeness (QED) is 0.0135. The number of epoxide rings is 1. The second-order valence-corrected chi connectivity index (χ2v) is 20.7. The van der Waals surface area contributed by atoms with Crippen molar-refractivity contribution in [1.82, 2.24) is 9.55 Å². The summed E-state index contributed by atoms with van der Waals surface area (Å²) in [5.41, 5.74) is 4.58. The molecule has 402 valence electrons. The molecule has 0 aliphatic carbocycles. The lowest BCUT2D eigenvalue weighted by molar-refractivity contribution is -0.161. The number of nitrogen functional groups attached to an aromatic ring is 1. The molecule has 4 unspecified atom stereocenters. The summed E-state index contributed by atoms with van der Waals surface area (Å²) in [6.07, 6.45) is 34.8. The Morgan fingerprint density at radius 3 is 1.96 bits per heavy atom. The van der Waals surface area contributed by atoms with Crippen molar-refractivity contribution in [2.24, 2.45) is 0 Å². The SMILES string of the molecule is CCCCC/C=C\C/C=C\CCCCCCCC(=O)O[C@H](COC(=O)CCC/C=C\C/C=C\C/C=C\CC1OC1CCCCC)COP(=O)(O)OP(=O)(O)OC[C@H]1O[C@@H](n2ccc(N)nc2=O)[C@H](O)[C@@H]1O. The molecule has 2 fully saturated rings. The van der Waals surface area contributed by atoms with E-state index in [1.54, 1.807) is 0 Å². The molecule has 21 heteroatoms. The highest BCUT2D eigenvalue weighted by Gasteiger charge is 2.46. The molecule has 3 rings (SSSR count). The number of hydrogen-bond donors (Lipinski definition) is 5. The number of nitrogens with two attached hydrogens (primary N) is 1. The molecule has 71 heavy (non-hydrogen) atoms. The lowest BCUT2D eigenvalue weighted by Crippen LogP contribution is -2.36. The van der Waals surface area contributed by atoms with Crippen molar-refractivity contribution in [3.05, 3.63) is 83.5 Å². The average Bonchev–Trinajstić information content (AvgIpc) is 4.02. The molecular formula is C50H81N3O16P2. The van der Waals surface area contributed by atoms with Gasteiger partial charge in [0, 0.05) is 19.0 Å². The van der Waals surface area contributed by atoms with Crippen molar-refractivity contribution in [3.63, 3.8) is 0 Å². The largest absolute Gasteiger partial charge is 0.481 e. The van der Waals surface area contributed by atoms with Crippen molar-refractivity contribution in [2.45, 2.75) is 198 Å². The molecule has 2 saturated heterocycles. The summed E-state index contributed by atoms with van der Waals surface area (Å²) in [7, 11) is -10.9. The molecule has 2 aliphatic rings. The molecule has 6 N–H and O–H groups in total. The molecule has 3 heterocycles. The Kier molecular flexibility index (Phi) is 30.9. The first-order chi connectivity index (χ1) is 34.1. The number of phosphoric ester groups is 2. The molecule has 0 spiro atoms. The van der Waals surface area contributed by atoms with E-state index >= 15 is 0 Å².